The molecule has 2 N–H and O–H groups in total. The molecule has 128 valence electrons. The lowest BCUT2D eigenvalue weighted by molar-refractivity contribution is -0.137. The van der Waals surface area contributed by atoms with E-state index < -0.39 is 23.7 Å². The maximum Gasteiger partial charge on any atom is 0.305 e. The molecule has 0 aliphatic rings. The third-order valence-corrected chi connectivity index (χ3v) is 4.99. The second-order valence-electron chi connectivity index (χ2n) is 5.17. The van der Waals surface area contributed by atoms with Gasteiger partial charge in [-0.1, -0.05) is 24.6 Å². The molecule has 0 bridgehead atoms. The third kappa shape index (κ3) is 4.30. The molecule has 24 heavy (non-hydrogen) atoms. The quantitative estimate of drug-likeness (QED) is 0.811. The summed E-state index contributed by atoms with van der Waals surface area (Å²) in [5, 5.41) is 12.5. The Morgan fingerprint density at radius 1 is 1.46 bits per heavy atom. The SMILES string of the molecule is CCc1nc(C)c(C(=O)NC(CC(=O)O)c2ccc(Cl)c(F)c2)s1. The van der Waals surface area contributed by atoms with Crippen LogP contribution in [-0.2, 0) is 11.2 Å². The molecule has 2 aromatic rings. The summed E-state index contributed by atoms with van der Waals surface area (Å²) in [6, 6.07) is 3.09. The van der Waals surface area contributed by atoms with Crippen LogP contribution in [0.1, 0.15) is 45.3 Å². The largest absolute Gasteiger partial charge is 0.481 e. The van der Waals surface area contributed by atoms with E-state index in [1.807, 2.05) is 6.92 Å². The minimum Gasteiger partial charge on any atom is -0.481 e. The lowest BCUT2D eigenvalue weighted by atomic mass is 10.0. The van der Waals surface area contributed by atoms with Crippen LogP contribution < -0.4 is 5.32 Å². The van der Waals surface area contributed by atoms with E-state index in [0.29, 0.717) is 22.6 Å². The van der Waals surface area contributed by atoms with Crippen molar-refractivity contribution in [1.82, 2.24) is 10.3 Å². The van der Waals surface area contributed by atoms with E-state index in [9.17, 15) is 14.0 Å². The number of carboxylic acids is 1. The van der Waals surface area contributed by atoms with E-state index in [1.54, 1.807) is 6.92 Å². The Bertz CT molecular complexity index is 779. The van der Waals surface area contributed by atoms with Crippen molar-refractivity contribution in [3.63, 3.8) is 0 Å². The van der Waals surface area contributed by atoms with Crippen LogP contribution in [0.5, 0.6) is 0 Å². The van der Waals surface area contributed by atoms with Gasteiger partial charge in [0, 0.05) is 0 Å². The summed E-state index contributed by atoms with van der Waals surface area (Å²) in [6.07, 6.45) is 0.338. The first kappa shape index (κ1) is 18.4. The molecule has 0 radical (unpaired) electrons. The summed E-state index contributed by atoms with van der Waals surface area (Å²) >= 11 is 6.91. The van der Waals surface area contributed by atoms with Crippen molar-refractivity contribution in [3.8, 4) is 0 Å². The van der Waals surface area contributed by atoms with Crippen LogP contribution in [0.3, 0.4) is 0 Å². The first-order chi connectivity index (χ1) is 11.3. The van der Waals surface area contributed by atoms with E-state index in [4.69, 9.17) is 16.7 Å². The third-order valence-electron chi connectivity index (χ3n) is 3.38. The highest BCUT2D eigenvalue weighted by Gasteiger charge is 2.22. The molecule has 8 heteroatoms. The van der Waals surface area contributed by atoms with Crippen LogP contribution >= 0.6 is 22.9 Å². The van der Waals surface area contributed by atoms with Gasteiger partial charge in [-0.2, -0.15) is 0 Å². The number of carboxylic acid groups (broad SMARTS) is 1. The van der Waals surface area contributed by atoms with Crippen molar-refractivity contribution >= 4 is 34.8 Å². The van der Waals surface area contributed by atoms with Gasteiger partial charge in [-0.15, -0.1) is 11.3 Å². The molecule has 1 aromatic heterocycles. The molecule has 2 rings (SSSR count). The molecule has 0 spiro atoms. The number of carbonyl (C=O) groups excluding carboxylic acids is 1. The Hall–Kier alpha value is -1.99. The molecule has 0 aliphatic carbocycles. The van der Waals surface area contributed by atoms with Crippen LogP contribution in [0.15, 0.2) is 18.2 Å². The normalized spacial score (nSPS) is 12.0. The molecule has 0 saturated carbocycles. The molecule has 1 aromatic carbocycles. The Morgan fingerprint density at radius 2 is 2.17 bits per heavy atom. The molecular weight excluding hydrogens is 355 g/mol. The Labute approximate surface area is 147 Å². The fraction of sp³-hybridized carbons (Fsp3) is 0.312. The number of aliphatic carboxylic acids is 1. The van der Waals surface area contributed by atoms with Gasteiger partial charge in [-0.25, -0.2) is 9.37 Å². The van der Waals surface area contributed by atoms with Crippen molar-refractivity contribution < 1.29 is 19.1 Å². The van der Waals surface area contributed by atoms with Crippen LogP contribution in [0.25, 0.3) is 0 Å². The van der Waals surface area contributed by atoms with Gasteiger partial charge < -0.3 is 10.4 Å². The molecule has 1 atom stereocenters. The van der Waals surface area contributed by atoms with Crippen LogP contribution in [0.2, 0.25) is 5.02 Å². The first-order valence-electron chi connectivity index (χ1n) is 7.25. The smallest absolute Gasteiger partial charge is 0.305 e. The van der Waals surface area contributed by atoms with E-state index in [1.165, 1.54) is 23.5 Å². The minimum atomic E-state index is -1.11. The Balaban J connectivity index is 2.27. The molecular formula is C16H16ClFN2O3S. The summed E-state index contributed by atoms with van der Waals surface area (Å²) in [5.74, 6) is -2.20. The zero-order chi connectivity index (χ0) is 17.9. The van der Waals surface area contributed by atoms with E-state index in [-0.39, 0.29) is 11.4 Å². The van der Waals surface area contributed by atoms with Crippen molar-refractivity contribution in [1.29, 1.82) is 0 Å². The molecule has 1 unspecified atom stereocenters. The van der Waals surface area contributed by atoms with Crippen molar-refractivity contribution in [2.75, 3.05) is 0 Å². The maximum absolute atomic E-state index is 13.7. The molecule has 0 aliphatic heterocycles. The van der Waals surface area contributed by atoms with Gasteiger partial charge >= 0.3 is 5.97 Å². The summed E-state index contributed by atoms with van der Waals surface area (Å²) in [6.45, 7) is 3.66. The number of nitrogens with one attached hydrogen (secondary N) is 1. The summed E-state index contributed by atoms with van der Waals surface area (Å²) in [5.41, 5.74) is 0.927. The lowest BCUT2D eigenvalue weighted by Crippen LogP contribution is -2.30. The van der Waals surface area contributed by atoms with Crippen molar-refractivity contribution in [3.05, 3.63) is 50.2 Å². The standard InChI is InChI=1S/C16H16ClFN2O3S/c1-3-13-19-8(2)15(24-13)16(23)20-12(7-14(21)22)9-4-5-10(17)11(18)6-9/h4-6,12H,3,7H2,1-2H3,(H,20,23)(H,21,22). The molecule has 1 amide bonds. The number of hydrogen-bond donors (Lipinski definition) is 2. The first-order valence-corrected chi connectivity index (χ1v) is 8.45. The second-order valence-corrected chi connectivity index (χ2v) is 6.66. The van der Waals surface area contributed by atoms with E-state index >= 15 is 0 Å². The number of amides is 1. The fourth-order valence-electron chi connectivity index (χ4n) is 2.19. The van der Waals surface area contributed by atoms with Crippen molar-refractivity contribution in [2.45, 2.75) is 32.7 Å². The number of aromatic nitrogens is 1. The second kappa shape index (κ2) is 7.72. The van der Waals surface area contributed by atoms with Crippen molar-refractivity contribution in [2.24, 2.45) is 0 Å². The van der Waals surface area contributed by atoms with Gasteiger partial charge in [0.05, 0.1) is 28.2 Å². The van der Waals surface area contributed by atoms with Gasteiger partial charge in [-0.3, -0.25) is 9.59 Å². The molecule has 0 saturated heterocycles. The number of benzene rings is 1. The zero-order valence-corrected chi connectivity index (χ0v) is 14.7. The Morgan fingerprint density at radius 3 is 2.71 bits per heavy atom. The minimum absolute atomic E-state index is 0.0648. The average molecular weight is 371 g/mol. The van der Waals surface area contributed by atoms with Crippen LogP contribution in [0.4, 0.5) is 4.39 Å². The topological polar surface area (TPSA) is 79.3 Å². The van der Waals surface area contributed by atoms with Gasteiger partial charge in [0.25, 0.3) is 5.91 Å². The number of hydrogen-bond acceptors (Lipinski definition) is 4. The molecule has 0 fully saturated rings. The highest BCUT2D eigenvalue weighted by Crippen LogP contribution is 2.24. The number of thiazole rings is 1. The summed E-state index contributed by atoms with van der Waals surface area (Å²) in [4.78, 5) is 28.3. The molecule has 1 heterocycles. The lowest BCUT2D eigenvalue weighted by Gasteiger charge is -2.17. The Kier molecular flexibility index (Phi) is 5.90. The van der Waals surface area contributed by atoms with Gasteiger partial charge in [0.1, 0.15) is 10.7 Å². The zero-order valence-electron chi connectivity index (χ0n) is 13.1. The van der Waals surface area contributed by atoms with E-state index in [0.717, 1.165) is 11.1 Å². The maximum atomic E-state index is 13.7. The number of nitrogens with zero attached hydrogens (tertiary/aromatic N) is 1. The predicted octanol–water partition coefficient (Wildman–Crippen LogP) is 3.75. The number of aryl methyl sites for hydroxylation is 2. The number of carbonyl (C=O) groups is 2. The fourth-order valence-corrected chi connectivity index (χ4v) is 3.22. The van der Waals surface area contributed by atoms with Crippen LogP contribution in [0, 0.1) is 12.7 Å². The number of rotatable bonds is 6. The van der Waals surface area contributed by atoms with Gasteiger partial charge in [-0.05, 0) is 31.0 Å². The monoisotopic (exact) mass is 370 g/mol. The predicted molar refractivity (Wildman–Crippen MR) is 90.1 cm³/mol. The van der Waals surface area contributed by atoms with Gasteiger partial charge in [0.15, 0.2) is 0 Å². The summed E-state index contributed by atoms with van der Waals surface area (Å²) < 4.78 is 13.7. The summed E-state index contributed by atoms with van der Waals surface area (Å²) in [7, 11) is 0. The average Bonchev–Trinajstić information content (AvgIpc) is 2.90. The molecule has 5 nitrogen and oxygen atoms in total. The van der Waals surface area contributed by atoms with Gasteiger partial charge in [0.2, 0.25) is 0 Å². The van der Waals surface area contributed by atoms with E-state index in [2.05, 4.69) is 10.3 Å². The highest BCUT2D eigenvalue weighted by molar-refractivity contribution is 7.13. The number of halogens is 2. The highest BCUT2D eigenvalue weighted by atomic mass is 35.5. The van der Waals surface area contributed by atoms with Crippen LogP contribution in [-0.4, -0.2) is 22.0 Å².